The third kappa shape index (κ3) is 2.25. The minimum atomic E-state index is 0.231. The lowest BCUT2D eigenvalue weighted by Crippen LogP contribution is -2.38. The Hall–Kier alpha value is -0.540. The smallest absolute Gasteiger partial charge is 0.0382 e. The molecule has 16 heavy (non-hydrogen) atoms. The highest BCUT2D eigenvalue weighted by atomic mass is 79.9. The standard InChI is InChI=1S/C13H19BrN2/c1-13(2)8-11(15-3)9-16(13)12-6-4-5-10(14)7-12/h4-7,11,15H,8-9H2,1-3H3. The van der Waals surface area contributed by atoms with Gasteiger partial charge in [-0.3, -0.25) is 0 Å². The highest BCUT2D eigenvalue weighted by Gasteiger charge is 2.37. The largest absolute Gasteiger partial charge is 0.365 e. The van der Waals surface area contributed by atoms with Gasteiger partial charge in [-0.1, -0.05) is 22.0 Å². The normalized spacial score (nSPS) is 23.8. The van der Waals surface area contributed by atoms with Gasteiger partial charge in [0.2, 0.25) is 0 Å². The van der Waals surface area contributed by atoms with Crippen molar-refractivity contribution >= 4 is 21.6 Å². The van der Waals surface area contributed by atoms with Gasteiger partial charge in [0.25, 0.3) is 0 Å². The monoisotopic (exact) mass is 282 g/mol. The summed E-state index contributed by atoms with van der Waals surface area (Å²) in [4.78, 5) is 2.49. The molecule has 1 saturated heterocycles. The fourth-order valence-corrected chi connectivity index (χ4v) is 2.92. The summed E-state index contributed by atoms with van der Waals surface area (Å²) in [7, 11) is 2.05. The fourth-order valence-electron chi connectivity index (χ4n) is 2.54. The molecule has 0 spiro atoms. The van der Waals surface area contributed by atoms with E-state index in [1.165, 1.54) is 12.1 Å². The average Bonchev–Trinajstić information content (AvgIpc) is 2.53. The van der Waals surface area contributed by atoms with Crippen LogP contribution in [-0.2, 0) is 0 Å². The number of nitrogens with one attached hydrogen (secondary N) is 1. The molecule has 1 heterocycles. The molecule has 1 aromatic rings. The van der Waals surface area contributed by atoms with Gasteiger partial charge in [0.15, 0.2) is 0 Å². The Balaban J connectivity index is 2.27. The third-order valence-corrected chi connectivity index (χ3v) is 3.90. The third-order valence-electron chi connectivity index (χ3n) is 3.41. The molecule has 88 valence electrons. The molecule has 0 saturated carbocycles. The van der Waals surface area contributed by atoms with Crippen molar-refractivity contribution in [2.75, 3.05) is 18.5 Å². The lowest BCUT2D eigenvalue weighted by atomic mass is 10.00. The molecule has 1 N–H and O–H groups in total. The summed E-state index contributed by atoms with van der Waals surface area (Å²) in [5.74, 6) is 0. The van der Waals surface area contributed by atoms with Crippen LogP contribution in [0.2, 0.25) is 0 Å². The molecular weight excluding hydrogens is 264 g/mol. The van der Waals surface area contributed by atoms with E-state index < -0.39 is 0 Å². The van der Waals surface area contributed by atoms with Gasteiger partial charge < -0.3 is 10.2 Å². The van der Waals surface area contributed by atoms with Gasteiger partial charge in [-0.15, -0.1) is 0 Å². The van der Waals surface area contributed by atoms with E-state index in [9.17, 15) is 0 Å². The van der Waals surface area contributed by atoms with Gasteiger partial charge in [-0.05, 0) is 45.5 Å². The molecule has 0 radical (unpaired) electrons. The van der Waals surface area contributed by atoms with Crippen LogP contribution < -0.4 is 10.2 Å². The summed E-state index contributed by atoms with van der Waals surface area (Å²) in [6, 6.07) is 9.14. The maximum Gasteiger partial charge on any atom is 0.0382 e. The minimum absolute atomic E-state index is 0.231. The second kappa shape index (κ2) is 4.38. The Kier molecular flexibility index (Phi) is 3.27. The van der Waals surface area contributed by atoms with Crippen molar-refractivity contribution in [3.63, 3.8) is 0 Å². The van der Waals surface area contributed by atoms with Crippen LogP contribution in [0.1, 0.15) is 20.3 Å². The van der Waals surface area contributed by atoms with E-state index in [1.807, 2.05) is 7.05 Å². The van der Waals surface area contributed by atoms with Crippen molar-refractivity contribution < 1.29 is 0 Å². The molecule has 1 aliphatic rings. The highest BCUT2D eigenvalue weighted by molar-refractivity contribution is 9.10. The van der Waals surface area contributed by atoms with E-state index in [1.54, 1.807) is 0 Å². The summed E-state index contributed by atoms with van der Waals surface area (Å²) in [5.41, 5.74) is 1.53. The predicted molar refractivity (Wildman–Crippen MR) is 73.0 cm³/mol. The van der Waals surface area contributed by atoms with Crippen LogP contribution in [0, 0.1) is 0 Å². The number of benzene rings is 1. The van der Waals surface area contributed by atoms with Crippen molar-refractivity contribution in [3.8, 4) is 0 Å². The number of hydrogen-bond acceptors (Lipinski definition) is 2. The first kappa shape index (κ1) is 11.9. The molecule has 3 heteroatoms. The molecule has 1 unspecified atom stereocenters. The SMILES string of the molecule is CNC1CN(c2cccc(Br)c2)C(C)(C)C1. The van der Waals surface area contributed by atoms with Crippen LogP contribution in [0.4, 0.5) is 5.69 Å². The zero-order valence-corrected chi connectivity index (χ0v) is 11.7. The molecule has 0 aliphatic carbocycles. The van der Waals surface area contributed by atoms with Crippen LogP contribution >= 0.6 is 15.9 Å². The number of halogens is 1. The molecule has 2 rings (SSSR count). The number of nitrogens with zero attached hydrogens (tertiary/aromatic N) is 1. The Morgan fingerprint density at radius 1 is 1.44 bits per heavy atom. The Morgan fingerprint density at radius 2 is 2.19 bits per heavy atom. The summed E-state index contributed by atoms with van der Waals surface area (Å²) in [5, 5.41) is 3.38. The molecule has 1 atom stereocenters. The molecule has 1 aliphatic heterocycles. The number of hydrogen-bond donors (Lipinski definition) is 1. The summed E-state index contributed by atoms with van der Waals surface area (Å²) >= 11 is 3.54. The second-order valence-electron chi connectivity index (χ2n) is 5.09. The van der Waals surface area contributed by atoms with Crippen LogP contribution in [-0.4, -0.2) is 25.2 Å². The van der Waals surface area contributed by atoms with E-state index in [-0.39, 0.29) is 5.54 Å². The fraction of sp³-hybridized carbons (Fsp3) is 0.538. The Bertz CT molecular complexity index is 376. The van der Waals surface area contributed by atoms with E-state index in [2.05, 4.69) is 64.3 Å². The lowest BCUT2D eigenvalue weighted by Gasteiger charge is -2.33. The first-order chi connectivity index (χ1) is 7.53. The number of anilines is 1. The first-order valence-corrected chi connectivity index (χ1v) is 6.53. The molecule has 1 aromatic carbocycles. The van der Waals surface area contributed by atoms with Gasteiger partial charge in [-0.25, -0.2) is 0 Å². The Labute approximate surface area is 106 Å². The molecule has 1 fully saturated rings. The van der Waals surface area contributed by atoms with Crippen LogP contribution in [0.25, 0.3) is 0 Å². The van der Waals surface area contributed by atoms with Crippen molar-refractivity contribution in [3.05, 3.63) is 28.7 Å². The van der Waals surface area contributed by atoms with Crippen LogP contribution in [0.5, 0.6) is 0 Å². The lowest BCUT2D eigenvalue weighted by molar-refractivity contribution is 0.487. The average molecular weight is 283 g/mol. The Morgan fingerprint density at radius 3 is 2.75 bits per heavy atom. The zero-order chi connectivity index (χ0) is 11.8. The number of rotatable bonds is 2. The highest BCUT2D eigenvalue weighted by Crippen LogP contribution is 2.34. The second-order valence-corrected chi connectivity index (χ2v) is 6.01. The molecular formula is C13H19BrN2. The van der Waals surface area contributed by atoms with E-state index in [0.717, 1.165) is 11.0 Å². The van der Waals surface area contributed by atoms with Gasteiger partial charge >= 0.3 is 0 Å². The molecule has 0 aromatic heterocycles. The van der Waals surface area contributed by atoms with Crippen LogP contribution in [0.15, 0.2) is 28.7 Å². The van der Waals surface area contributed by atoms with Crippen molar-refractivity contribution in [1.29, 1.82) is 0 Å². The van der Waals surface area contributed by atoms with E-state index >= 15 is 0 Å². The zero-order valence-electron chi connectivity index (χ0n) is 10.1. The van der Waals surface area contributed by atoms with Crippen LogP contribution in [0.3, 0.4) is 0 Å². The van der Waals surface area contributed by atoms with Gasteiger partial charge in [0, 0.05) is 28.3 Å². The first-order valence-electron chi connectivity index (χ1n) is 5.73. The summed E-state index contributed by atoms with van der Waals surface area (Å²) in [6.07, 6.45) is 1.19. The molecule has 0 amide bonds. The molecule has 2 nitrogen and oxygen atoms in total. The predicted octanol–water partition coefficient (Wildman–Crippen LogP) is 3.03. The maximum absolute atomic E-state index is 3.54. The summed E-state index contributed by atoms with van der Waals surface area (Å²) in [6.45, 7) is 5.70. The van der Waals surface area contributed by atoms with E-state index in [0.29, 0.717) is 6.04 Å². The van der Waals surface area contributed by atoms with Gasteiger partial charge in [-0.2, -0.15) is 0 Å². The maximum atomic E-state index is 3.54. The van der Waals surface area contributed by atoms with Crippen molar-refractivity contribution in [2.45, 2.75) is 31.8 Å². The molecule has 0 bridgehead atoms. The van der Waals surface area contributed by atoms with Gasteiger partial charge in [0.05, 0.1) is 0 Å². The number of likely N-dealkylation sites (N-methyl/N-ethyl adjacent to an activating group) is 1. The van der Waals surface area contributed by atoms with Crippen molar-refractivity contribution in [1.82, 2.24) is 5.32 Å². The minimum Gasteiger partial charge on any atom is -0.365 e. The quantitative estimate of drug-likeness (QED) is 0.897. The van der Waals surface area contributed by atoms with Crippen molar-refractivity contribution in [2.24, 2.45) is 0 Å². The van der Waals surface area contributed by atoms with E-state index in [4.69, 9.17) is 0 Å². The summed E-state index contributed by atoms with van der Waals surface area (Å²) < 4.78 is 1.15. The topological polar surface area (TPSA) is 15.3 Å². The van der Waals surface area contributed by atoms with Gasteiger partial charge in [0.1, 0.15) is 0 Å².